The molecule has 20 heavy (non-hydrogen) atoms. The third-order valence-corrected chi connectivity index (χ3v) is 4.45. The lowest BCUT2D eigenvalue weighted by Crippen LogP contribution is -2.43. The van der Waals surface area contributed by atoms with Crippen LogP contribution in [0.1, 0.15) is 43.6 Å². The van der Waals surface area contributed by atoms with Crippen LogP contribution in [-0.2, 0) is 0 Å². The van der Waals surface area contributed by atoms with Crippen molar-refractivity contribution < 1.29 is 0 Å². The third kappa shape index (κ3) is 4.47. The van der Waals surface area contributed by atoms with Crippen molar-refractivity contribution in [2.75, 3.05) is 31.1 Å². The predicted molar refractivity (Wildman–Crippen MR) is 98.0 cm³/mol. The van der Waals surface area contributed by atoms with E-state index in [0.29, 0.717) is 0 Å². The van der Waals surface area contributed by atoms with Crippen molar-refractivity contribution in [2.24, 2.45) is 0 Å². The molecule has 4 heteroatoms. The van der Waals surface area contributed by atoms with Gasteiger partial charge in [-0.05, 0) is 36.5 Å². The molecule has 2 nitrogen and oxygen atoms in total. The fraction of sp³-hybridized carbons (Fsp3) is 0.625. The molecule has 1 N–H and O–H groups in total. The van der Waals surface area contributed by atoms with Crippen molar-refractivity contribution in [3.63, 3.8) is 0 Å². The van der Waals surface area contributed by atoms with Gasteiger partial charge in [-0.15, -0.1) is 34.0 Å². The second-order valence-electron chi connectivity index (χ2n) is 5.66. The highest BCUT2D eigenvalue weighted by Crippen LogP contribution is 2.33. The van der Waals surface area contributed by atoms with E-state index in [4.69, 9.17) is 0 Å². The smallest absolute Gasteiger partial charge is 0.0367 e. The highest BCUT2D eigenvalue weighted by atomic mass is 79.9. The van der Waals surface area contributed by atoms with Crippen LogP contribution in [0.3, 0.4) is 0 Å². The summed E-state index contributed by atoms with van der Waals surface area (Å²) >= 11 is 0. The van der Waals surface area contributed by atoms with Gasteiger partial charge in [-0.25, -0.2) is 0 Å². The molecule has 1 aromatic rings. The van der Waals surface area contributed by atoms with Gasteiger partial charge in [-0.1, -0.05) is 31.4 Å². The fourth-order valence-electron chi connectivity index (χ4n) is 3.32. The molecule has 0 atom stereocenters. The SMILES string of the molecule is Br.Br.c1cc(N2CCNCC2)ccc1C1CCCCC1. The van der Waals surface area contributed by atoms with Crippen LogP contribution >= 0.6 is 34.0 Å². The first-order chi connectivity index (χ1) is 8.93. The normalized spacial score (nSPS) is 19.9. The molecule has 1 saturated heterocycles. The molecule has 1 saturated carbocycles. The van der Waals surface area contributed by atoms with E-state index in [0.717, 1.165) is 32.1 Å². The largest absolute Gasteiger partial charge is 0.369 e. The van der Waals surface area contributed by atoms with Crippen LogP contribution in [0.2, 0.25) is 0 Å². The maximum atomic E-state index is 3.41. The number of benzene rings is 1. The van der Waals surface area contributed by atoms with Gasteiger partial charge >= 0.3 is 0 Å². The van der Waals surface area contributed by atoms with Crippen LogP contribution in [0.25, 0.3) is 0 Å². The van der Waals surface area contributed by atoms with Gasteiger partial charge in [0.2, 0.25) is 0 Å². The Morgan fingerprint density at radius 1 is 0.850 bits per heavy atom. The van der Waals surface area contributed by atoms with Gasteiger partial charge in [0, 0.05) is 31.9 Å². The van der Waals surface area contributed by atoms with Crippen LogP contribution in [0.15, 0.2) is 24.3 Å². The van der Waals surface area contributed by atoms with Gasteiger partial charge in [0.15, 0.2) is 0 Å². The summed E-state index contributed by atoms with van der Waals surface area (Å²) in [6, 6.07) is 9.39. The van der Waals surface area contributed by atoms with Gasteiger partial charge < -0.3 is 10.2 Å². The molecular formula is C16H26Br2N2. The van der Waals surface area contributed by atoms with Gasteiger partial charge in [-0.3, -0.25) is 0 Å². The summed E-state index contributed by atoms with van der Waals surface area (Å²) in [4.78, 5) is 2.49. The second kappa shape index (κ2) is 9.06. The summed E-state index contributed by atoms with van der Waals surface area (Å²) in [6.45, 7) is 4.51. The Kier molecular flexibility index (Phi) is 8.15. The molecule has 0 aromatic heterocycles. The van der Waals surface area contributed by atoms with E-state index in [2.05, 4.69) is 34.5 Å². The number of anilines is 1. The Morgan fingerprint density at radius 2 is 1.45 bits per heavy atom. The Bertz CT molecular complexity index is 332. The van der Waals surface area contributed by atoms with Gasteiger partial charge in [0.05, 0.1) is 0 Å². The van der Waals surface area contributed by atoms with Crippen molar-refractivity contribution in [1.29, 1.82) is 0 Å². The maximum Gasteiger partial charge on any atom is 0.0367 e. The summed E-state index contributed by atoms with van der Waals surface area (Å²) in [5.41, 5.74) is 2.96. The number of piperazine rings is 1. The van der Waals surface area contributed by atoms with Crippen LogP contribution in [0.4, 0.5) is 5.69 Å². The van der Waals surface area contributed by atoms with Gasteiger partial charge in [-0.2, -0.15) is 0 Å². The standard InChI is InChI=1S/C16H24N2.2BrH/c1-2-4-14(5-3-1)15-6-8-16(9-7-15)18-12-10-17-11-13-18;;/h6-9,14,17H,1-5,10-13H2;2*1H. The number of nitrogens with zero attached hydrogens (tertiary/aromatic N) is 1. The van der Waals surface area contributed by atoms with E-state index in [9.17, 15) is 0 Å². The van der Waals surface area contributed by atoms with Crippen LogP contribution in [0.5, 0.6) is 0 Å². The zero-order valence-corrected chi connectivity index (χ0v) is 15.4. The first-order valence-corrected chi connectivity index (χ1v) is 7.49. The van der Waals surface area contributed by atoms with Crippen molar-refractivity contribution in [3.8, 4) is 0 Å². The topological polar surface area (TPSA) is 15.3 Å². The van der Waals surface area contributed by atoms with E-state index in [1.54, 1.807) is 5.56 Å². The quantitative estimate of drug-likeness (QED) is 0.788. The first kappa shape index (κ1) is 18.0. The van der Waals surface area contributed by atoms with E-state index in [1.165, 1.54) is 37.8 Å². The summed E-state index contributed by atoms with van der Waals surface area (Å²) in [7, 11) is 0. The van der Waals surface area contributed by atoms with Crippen LogP contribution in [-0.4, -0.2) is 26.2 Å². The lowest BCUT2D eigenvalue weighted by molar-refractivity contribution is 0.443. The van der Waals surface area contributed by atoms with Crippen LogP contribution < -0.4 is 10.2 Å². The number of rotatable bonds is 2. The molecule has 0 amide bonds. The number of nitrogens with one attached hydrogen (secondary N) is 1. The highest BCUT2D eigenvalue weighted by molar-refractivity contribution is 8.93. The molecule has 1 aliphatic heterocycles. The average molecular weight is 406 g/mol. The van der Waals surface area contributed by atoms with Crippen LogP contribution in [0, 0.1) is 0 Å². The number of hydrogen-bond donors (Lipinski definition) is 1. The molecule has 0 bridgehead atoms. The van der Waals surface area contributed by atoms with E-state index in [1.807, 2.05) is 0 Å². The Morgan fingerprint density at radius 3 is 2.05 bits per heavy atom. The summed E-state index contributed by atoms with van der Waals surface area (Å²) in [5.74, 6) is 0.829. The molecule has 1 aromatic carbocycles. The lowest BCUT2D eigenvalue weighted by atomic mass is 9.84. The summed E-state index contributed by atoms with van der Waals surface area (Å²) < 4.78 is 0. The maximum absolute atomic E-state index is 3.41. The van der Waals surface area contributed by atoms with Gasteiger partial charge in [0.25, 0.3) is 0 Å². The Balaban J connectivity index is 0.000001000. The van der Waals surface area contributed by atoms with Crippen molar-refractivity contribution in [1.82, 2.24) is 5.32 Å². The number of halogens is 2. The molecule has 1 aliphatic carbocycles. The zero-order chi connectivity index (χ0) is 12.2. The van der Waals surface area contributed by atoms with Gasteiger partial charge in [0.1, 0.15) is 0 Å². The van der Waals surface area contributed by atoms with E-state index in [-0.39, 0.29) is 34.0 Å². The molecule has 0 unspecified atom stereocenters. The minimum Gasteiger partial charge on any atom is -0.369 e. The minimum atomic E-state index is 0. The number of hydrogen-bond acceptors (Lipinski definition) is 2. The minimum absolute atomic E-state index is 0. The summed E-state index contributed by atoms with van der Waals surface area (Å²) in [6.07, 6.45) is 7.07. The molecule has 1 heterocycles. The first-order valence-electron chi connectivity index (χ1n) is 7.49. The fourth-order valence-corrected chi connectivity index (χ4v) is 3.32. The molecule has 3 rings (SSSR count). The molecule has 0 spiro atoms. The third-order valence-electron chi connectivity index (χ3n) is 4.45. The molecule has 2 aliphatic rings. The summed E-state index contributed by atoms with van der Waals surface area (Å²) in [5, 5.41) is 3.41. The molecule has 0 radical (unpaired) electrons. The van der Waals surface area contributed by atoms with Crippen molar-refractivity contribution >= 4 is 39.7 Å². The lowest BCUT2D eigenvalue weighted by Gasteiger charge is -2.30. The van der Waals surface area contributed by atoms with Crippen molar-refractivity contribution in [3.05, 3.63) is 29.8 Å². The highest BCUT2D eigenvalue weighted by Gasteiger charge is 2.16. The molecular weight excluding hydrogens is 380 g/mol. The predicted octanol–water partition coefficient (Wildman–Crippen LogP) is 4.30. The van der Waals surface area contributed by atoms with E-state index >= 15 is 0 Å². The monoisotopic (exact) mass is 404 g/mol. The Hall–Kier alpha value is -0.0600. The van der Waals surface area contributed by atoms with Crippen molar-refractivity contribution in [2.45, 2.75) is 38.0 Å². The molecule has 2 fully saturated rings. The molecule has 114 valence electrons. The second-order valence-corrected chi connectivity index (χ2v) is 5.66. The zero-order valence-electron chi connectivity index (χ0n) is 12.0. The Labute approximate surface area is 143 Å². The average Bonchev–Trinajstić information content (AvgIpc) is 2.49. The van der Waals surface area contributed by atoms with E-state index < -0.39 is 0 Å².